The molecule has 2 aromatic rings. The molecule has 0 aromatic carbocycles. The topological polar surface area (TPSA) is 79.4 Å². The molecule has 0 unspecified atom stereocenters. The lowest BCUT2D eigenvalue weighted by Gasteiger charge is -2.33. The van der Waals surface area contributed by atoms with Crippen LogP contribution in [0.4, 0.5) is 16.6 Å². The molecule has 0 bridgehead atoms. The van der Waals surface area contributed by atoms with E-state index in [0.29, 0.717) is 0 Å². The SMILES string of the molecule is O=C1NC2(CCCCC2)c2cc(Nc3cc(N4CCOCC4)ncn3)sc21. The van der Waals surface area contributed by atoms with Crippen LogP contribution in [0.5, 0.6) is 0 Å². The summed E-state index contributed by atoms with van der Waals surface area (Å²) in [6, 6.07) is 4.10. The van der Waals surface area contributed by atoms with E-state index in [0.717, 1.165) is 60.7 Å². The fourth-order valence-corrected chi connectivity index (χ4v) is 5.44. The number of nitrogens with one attached hydrogen (secondary N) is 2. The van der Waals surface area contributed by atoms with Crippen molar-refractivity contribution in [1.29, 1.82) is 0 Å². The second kappa shape index (κ2) is 6.76. The largest absolute Gasteiger partial charge is 0.378 e. The Labute approximate surface area is 162 Å². The Balaban J connectivity index is 1.39. The Morgan fingerprint density at radius 3 is 2.78 bits per heavy atom. The van der Waals surface area contributed by atoms with Gasteiger partial charge in [0.1, 0.15) is 18.0 Å². The van der Waals surface area contributed by atoms with Crippen molar-refractivity contribution >= 4 is 33.9 Å². The standard InChI is InChI=1S/C19H23N5O2S/c25-18-17-13(19(23-18)4-2-1-3-5-19)10-16(27-17)22-14-11-15(21-12-20-14)24-6-8-26-9-7-24/h10-12H,1-9H2,(H,23,25)(H,20,21,22). The number of anilines is 3. The number of rotatable bonds is 3. The van der Waals surface area contributed by atoms with E-state index in [1.165, 1.54) is 36.2 Å². The number of carbonyl (C=O) groups excluding carboxylic acids is 1. The van der Waals surface area contributed by atoms with Crippen molar-refractivity contribution in [3.05, 3.63) is 28.9 Å². The van der Waals surface area contributed by atoms with Crippen LogP contribution >= 0.6 is 11.3 Å². The van der Waals surface area contributed by atoms with Crippen molar-refractivity contribution in [3.8, 4) is 0 Å². The van der Waals surface area contributed by atoms with Crippen LogP contribution in [-0.4, -0.2) is 42.2 Å². The quantitative estimate of drug-likeness (QED) is 0.846. The minimum Gasteiger partial charge on any atom is -0.378 e. The highest BCUT2D eigenvalue weighted by Crippen LogP contribution is 2.47. The number of fused-ring (bicyclic) bond motifs is 2. The predicted molar refractivity (Wildman–Crippen MR) is 105 cm³/mol. The summed E-state index contributed by atoms with van der Waals surface area (Å²) in [6.45, 7) is 3.13. The third-order valence-corrected chi connectivity index (χ3v) is 6.80. The molecule has 3 aliphatic rings. The molecule has 2 fully saturated rings. The fourth-order valence-electron chi connectivity index (χ4n) is 4.37. The van der Waals surface area contributed by atoms with Gasteiger partial charge in [0.15, 0.2) is 0 Å². The van der Waals surface area contributed by atoms with Gasteiger partial charge in [-0.2, -0.15) is 0 Å². The monoisotopic (exact) mass is 385 g/mol. The zero-order valence-corrected chi connectivity index (χ0v) is 16.0. The zero-order valence-electron chi connectivity index (χ0n) is 15.2. The smallest absolute Gasteiger partial charge is 0.262 e. The van der Waals surface area contributed by atoms with Crippen molar-refractivity contribution in [2.24, 2.45) is 0 Å². The van der Waals surface area contributed by atoms with E-state index in [1.54, 1.807) is 6.33 Å². The van der Waals surface area contributed by atoms with Gasteiger partial charge >= 0.3 is 0 Å². The lowest BCUT2D eigenvalue weighted by molar-refractivity contribution is 0.0912. The Morgan fingerprint density at radius 1 is 1.15 bits per heavy atom. The van der Waals surface area contributed by atoms with E-state index in [4.69, 9.17) is 4.74 Å². The third-order valence-electron chi connectivity index (χ3n) is 5.75. The van der Waals surface area contributed by atoms with Crippen LogP contribution in [0.3, 0.4) is 0 Å². The summed E-state index contributed by atoms with van der Waals surface area (Å²) in [5.74, 6) is 1.73. The Kier molecular flexibility index (Phi) is 4.24. The van der Waals surface area contributed by atoms with Crippen molar-refractivity contribution in [2.45, 2.75) is 37.6 Å². The van der Waals surface area contributed by atoms with Gasteiger partial charge in [-0.25, -0.2) is 9.97 Å². The molecule has 1 spiro atoms. The number of aromatic nitrogens is 2. The van der Waals surface area contributed by atoms with Crippen molar-refractivity contribution in [1.82, 2.24) is 15.3 Å². The Morgan fingerprint density at radius 2 is 1.96 bits per heavy atom. The summed E-state index contributed by atoms with van der Waals surface area (Å²) >= 11 is 1.52. The molecule has 0 radical (unpaired) electrons. The van der Waals surface area contributed by atoms with Crippen LogP contribution in [0.25, 0.3) is 0 Å². The number of thiophene rings is 1. The number of amides is 1. The van der Waals surface area contributed by atoms with Crippen molar-refractivity contribution < 1.29 is 9.53 Å². The molecule has 0 atom stereocenters. The normalized spacial score (nSPS) is 21.2. The molecule has 2 aliphatic heterocycles. The first kappa shape index (κ1) is 16.9. The molecule has 142 valence electrons. The van der Waals surface area contributed by atoms with Crippen LogP contribution in [-0.2, 0) is 10.3 Å². The number of carbonyl (C=O) groups is 1. The first-order valence-corrected chi connectivity index (χ1v) is 10.4. The lowest BCUT2D eigenvalue weighted by Crippen LogP contribution is -2.40. The van der Waals surface area contributed by atoms with Gasteiger partial charge in [0, 0.05) is 24.7 Å². The van der Waals surface area contributed by atoms with Gasteiger partial charge in [-0.3, -0.25) is 4.79 Å². The number of ether oxygens (including phenoxy) is 1. The second-order valence-electron chi connectivity index (χ2n) is 7.44. The maximum absolute atomic E-state index is 12.5. The number of hydrogen-bond donors (Lipinski definition) is 2. The first-order chi connectivity index (χ1) is 13.2. The van der Waals surface area contributed by atoms with Gasteiger partial charge in [0.2, 0.25) is 0 Å². The average molecular weight is 385 g/mol. The zero-order chi connectivity index (χ0) is 18.3. The Hall–Kier alpha value is -2.19. The van der Waals surface area contributed by atoms with Gasteiger partial charge in [-0.1, -0.05) is 19.3 Å². The van der Waals surface area contributed by atoms with E-state index in [9.17, 15) is 4.79 Å². The molecule has 1 amide bonds. The molecule has 1 saturated heterocycles. The van der Waals surface area contributed by atoms with Crippen molar-refractivity contribution in [2.75, 3.05) is 36.5 Å². The molecule has 27 heavy (non-hydrogen) atoms. The average Bonchev–Trinajstić information content (AvgIpc) is 3.23. The van der Waals surface area contributed by atoms with E-state index in [2.05, 4.69) is 31.6 Å². The van der Waals surface area contributed by atoms with Gasteiger partial charge in [0.05, 0.1) is 28.6 Å². The van der Waals surface area contributed by atoms with Gasteiger partial charge in [-0.05, 0) is 18.9 Å². The maximum atomic E-state index is 12.5. The molecule has 5 rings (SSSR count). The summed E-state index contributed by atoms with van der Waals surface area (Å²) in [5.41, 5.74) is 1.02. The van der Waals surface area contributed by atoms with Crippen molar-refractivity contribution in [3.63, 3.8) is 0 Å². The van der Waals surface area contributed by atoms with E-state index < -0.39 is 0 Å². The van der Waals surface area contributed by atoms with Crippen LogP contribution in [0.1, 0.15) is 47.3 Å². The summed E-state index contributed by atoms with van der Waals surface area (Å²) in [4.78, 5) is 24.3. The summed E-state index contributed by atoms with van der Waals surface area (Å²) in [5, 5.41) is 7.61. The van der Waals surface area contributed by atoms with Crippen LogP contribution < -0.4 is 15.5 Å². The summed E-state index contributed by atoms with van der Waals surface area (Å²) in [6.07, 6.45) is 7.27. The molecular weight excluding hydrogens is 362 g/mol. The minimum atomic E-state index is -0.147. The highest BCUT2D eigenvalue weighted by atomic mass is 32.1. The van der Waals surface area contributed by atoms with Crippen LogP contribution in [0, 0.1) is 0 Å². The molecule has 8 heteroatoms. The molecule has 2 N–H and O–H groups in total. The molecule has 7 nitrogen and oxygen atoms in total. The molecule has 1 saturated carbocycles. The molecule has 2 aromatic heterocycles. The summed E-state index contributed by atoms with van der Waals surface area (Å²) < 4.78 is 5.41. The molecule has 4 heterocycles. The predicted octanol–water partition coefficient (Wildman–Crippen LogP) is 3.02. The molecule has 1 aliphatic carbocycles. The van der Waals surface area contributed by atoms with Gasteiger partial charge in [-0.15, -0.1) is 11.3 Å². The highest BCUT2D eigenvalue weighted by molar-refractivity contribution is 7.18. The third kappa shape index (κ3) is 3.06. The number of nitrogens with zero attached hydrogens (tertiary/aromatic N) is 3. The van der Waals surface area contributed by atoms with E-state index in [-0.39, 0.29) is 11.4 Å². The van der Waals surface area contributed by atoms with Crippen LogP contribution in [0.15, 0.2) is 18.5 Å². The highest BCUT2D eigenvalue weighted by Gasteiger charge is 2.44. The second-order valence-corrected chi connectivity index (χ2v) is 8.49. The van der Waals surface area contributed by atoms with Gasteiger partial charge < -0.3 is 20.3 Å². The fraction of sp³-hybridized carbons (Fsp3) is 0.526. The lowest BCUT2D eigenvalue weighted by atomic mass is 9.78. The van der Waals surface area contributed by atoms with E-state index in [1.807, 2.05) is 6.07 Å². The Bertz CT molecular complexity index is 856. The van der Waals surface area contributed by atoms with Gasteiger partial charge in [0.25, 0.3) is 5.91 Å². The molecular formula is C19H23N5O2S. The summed E-state index contributed by atoms with van der Waals surface area (Å²) in [7, 11) is 0. The van der Waals surface area contributed by atoms with Crippen LogP contribution in [0.2, 0.25) is 0 Å². The maximum Gasteiger partial charge on any atom is 0.262 e. The minimum absolute atomic E-state index is 0.0710. The number of morpholine rings is 1. The van der Waals surface area contributed by atoms with E-state index >= 15 is 0 Å². The first-order valence-electron chi connectivity index (χ1n) is 9.62. The number of hydrogen-bond acceptors (Lipinski definition) is 7.